The lowest BCUT2D eigenvalue weighted by molar-refractivity contribution is -0.137. The second-order valence-electron chi connectivity index (χ2n) is 6.37. The predicted molar refractivity (Wildman–Crippen MR) is 104 cm³/mol. The Morgan fingerprint density at radius 2 is 1.83 bits per heavy atom. The number of hydrazone groups is 1. The van der Waals surface area contributed by atoms with Gasteiger partial charge in [-0.3, -0.25) is 4.57 Å². The largest absolute Gasteiger partial charge is 0.499 e. The number of imidazole rings is 1. The Morgan fingerprint density at radius 3 is 2.55 bits per heavy atom. The summed E-state index contributed by atoms with van der Waals surface area (Å²) >= 11 is 0. The molecule has 1 aliphatic rings. The van der Waals surface area contributed by atoms with Gasteiger partial charge in [0.2, 0.25) is 0 Å². The highest BCUT2D eigenvalue weighted by atomic mass is 19.4. The number of alkyl halides is 3. The quantitative estimate of drug-likeness (QED) is 0.614. The molecule has 0 aliphatic carbocycles. The summed E-state index contributed by atoms with van der Waals surface area (Å²) in [5, 5.41) is 5.94. The Labute approximate surface area is 165 Å². The fourth-order valence-electron chi connectivity index (χ4n) is 3.05. The second-order valence-corrected chi connectivity index (χ2v) is 6.37. The minimum Gasteiger partial charge on any atom is -0.499 e. The van der Waals surface area contributed by atoms with Crippen molar-refractivity contribution >= 4 is 11.5 Å². The molecular formula is C21H17F3N4O. The van der Waals surface area contributed by atoms with E-state index in [0.29, 0.717) is 23.8 Å². The SMILES string of the molecule is COC1=CN(c2cccc(C(F)(F)F)c2)N=C(n2ccnc2-c2ccccc2)C1. The molecule has 148 valence electrons. The molecule has 4 rings (SSSR count). The van der Waals surface area contributed by atoms with E-state index < -0.39 is 11.7 Å². The molecule has 0 saturated heterocycles. The first-order valence-corrected chi connectivity index (χ1v) is 8.83. The molecule has 0 bridgehead atoms. The van der Waals surface area contributed by atoms with E-state index >= 15 is 0 Å². The normalized spacial score (nSPS) is 14.4. The summed E-state index contributed by atoms with van der Waals surface area (Å²) < 4.78 is 46.5. The first-order chi connectivity index (χ1) is 14.0. The van der Waals surface area contributed by atoms with Gasteiger partial charge in [-0.2, -0.15) is 18.3 Å². The molecular weight excluding hydrogens is 381 g/mol. The summed E-state index contributed by atoms with van der Waals surface area (Å²) in [4.78, 5) is 4.41. The molecule has 0 spiro atoms. The van der Waals surface area contributed by atoms with Gasteiger partial charge in [0.25, 0.3) is 0 Å². The number of methoxy groups -OCH3 is 1. The summed E-state index contributed by atoms with van der Waals surface area (Å²) in [7, 11) is 1.52. The first kappa shape index (κ1) is 18.8. The van der Waals surface area contributed by atoms with Crippen LogP contribution in [-0.4, -0.2) is 22.5 Å². The number of allylic oxidation sites excluding steroid dienone is 1. The highest BCUT2D eigenvalue weighted by molar-refractivity contribution is 5.91. The monoisotopic (exact) mass is 398 g/mol. The number of halogens is 3. The van der Waals surface area contributed by atoms with Crippen LogP contribution in [0, 0.1) is 0 Å². The van der Waals surface area contributed by atoms with Crippen molar-refractivity contribution in [3.8, 4) is 11.4 Å². The average molecular weight is 398 g/mol. The molecule has 0 unspecified atom stereocenters. The minimum atomic E-state index is -4.43. The topological polar surface area (TPSA) is 42.6 Å². The van der Waals surface area contributed by atoms with Crippen LogP contribution < -0.4 is 5.01 Å². The fourth-order valence-corrected chi connectivity index (χ4v) is 3.05. The molecule has 1 aromatic heterocycles. The zero-order valence-electron chi connectivity index (χ0n) is 15.5. The van der Waals surface area contributed by atoms with Crippen LogP contribution in [0.1, 0.15) is 12.0 Å². The third kappa shape index (κ3) is 3.87. The molecule has 8 heteroatoms. The van der Waals surface area contributed by atoms with Crippen molar-refractivity contribution in [3.05, 3.63) is 84.5 Å². The van der Waals surface area contributed by atoms with Crippen molar-refractivity contribution < 1.29 is 17.9 Å². The third-order valence-electron chi connectivity index (χ3n) is 4.47. The number of hydrogen-bond donors (Lipinski definition) is 0. The number of hydrogen-bond acceptors (Lipinski definition) is 4. The van der Waals surface area contributed by atoms with E-state index in [1.807, 2.05) is 34.9 Å². The van der Waals surface area contributed by atoms with Gasteiger partial charge in [-0.1, -0.05) is 36.4 Å². The van der Waals surface area contributed by atoms with Gasteiger partial charge in [0.1, 0.15) is 17.4 Å². The number of anilines is 1. The number of benzene rings is 2. The fraction of sp³-hybridized carbons (Fsp3) is 0.143. The summed E-state index contributed by atoms with van der Waals surface area (Å²) in [6.07, 6.45) is 0.950. The van der Waals surface area contributed by atoms with Gasteiger partial charge in [-0.05, 0) is 18.2 Å². The lowest BCUT2D eigenvalue weighted by Gasteiger charge is -2.24. The van der Waals surface area contributed by atoms with Crippen molar-refractivity contribution in [1.82, 2.24) is 9.55 Å². The Balaban J connectivity index is 1.75. The molecule has 0 amide bonds. The van der Waals surface area contributed by atoms with Crippen LogP contribution in [-0.2, 0) is 10.9 Å². The molecule has 1 aliphatic heterocycles. The van der Waals surface area contributed by atoms with Gasteiger partial charge in [0.15, 0.2) is 0 Å². The smallest absolute Gasteiger partial charge is 0.416 e. The zero-order valence-corrected chi connectivity index (χ0v) is 15.5. The molecule has 0 saturated carbocycles. The van der Waals surface area contributed by atoms with E-state index in [-0.39, 0.29) is 5.69 Å². The molecule has 2 heterocycles. The van der Waals surface area contributed by atoms with Gasteiger partial charge in [-0.25, -0.2) is 9.99 Å². The van der Waals surface area contributed by atoms with Crippen LogP contribution >= 0.6 is 0 Å². The second kappa shape index (κ2) is 7.46. The minimum absolute atomic E-state index is 0.285. The van der Waals surface area contributed by atoms with Crippen molar-refractivity contribution in [2.45, 2.75) is 12.6 Å². The van der Waals surface area contributed by atoms with Crippen LogP contribution in [0.15, 0.2) is 84.1 Å². The van der Waals surface area contributed by atoms with Gasteiger partial charge in [0, 0.05) is 18.0 Å². The van der Waals surface area contributed by atoms with Crippen LogP contribution in [0.4, 0.5) is 18.9 Å². The standard InChI is InChI=1S/C21H17F3N4O/c1-29-18-13-19(27-11-10-25-20(27)15-6-3-2-4-7-15)26-28(14-18)17-9-5-8-16(12-17)21(22,23)24/h2-12,14H,13H2,1H3. The summed E-state index contributed by atoms with van der Waals surface area (Å²) in [6.45, 7) is 0. The number of nitrogens with zero attached hydrogens (tertiary/aromatic N) is 4. The summed E-state index contributed by atoms with van der Waals surface area (Å²) in [5.74, 6) is 1.84. The maximum absolute atomic E-state index is 13.1. The van der Waals surface area contributed by atoms with Gasteiger partial charge >= 0.3 is 6.18 Å². The maximum Gasteiger partial charge on any atom is 0.416 e. The number of rotatable bonds is 3. The zero-order chi connectivity index (χ0) is 20.4. The Bertz CT molecular complexity index is 1070. The van der Waals surface area contributed by atoms with E-state index in [2.05, 4.69) is 10.1 Å². The van der Waals surface area contributed by atoms with E-state index in [1.54, 1.807) is 24.7 Å². The molecule has 29 heavy (non-hydrogen) atoms. The maximum atomic E-state index is 13.1. The molecule has 0 N–H and O–H groups in total. The Kier molecular flexibility index (Phi) is 4.84. The van der Waals surface area contributed by atoms with Crippen molar-refractivity contribution in [1.29, 1.82) is 0 Å². The molecule has 2 aromatic carbocycles. The molecule has 0 fully saturated rings. The number of aromatic nitrogens is 2. The van der Waals surface area contributed by atoms with Gasteiger partial charge in [-0.15, -0.1) is 0 Å². The molecule has 3 aromatic rings. The van der Waals surface area contributed by atoms with Crippen molar-refractivity contribution in [2.24, 2.45) is 5.10 Å². The van der Waals surface area contributed by atoms with Crippen LogP contribution in [0.3, 0.4) is 0 Å². The van der Waals surface area contributed by atoms with Crippen molar-refractivity contribution in [2.75, 3.05) is 12.1 Å². The van der Waals surface area contributed by atoms with Gasteiger partial charge in [0.05, 0.1) is 31.0 Å². The molecule has 0 atom stereocenters. The highest BCUT2D eigenvalue weighted by Crippen LogP contribution is 2.33. The highest BCUT2D eigenvalue weighted by Gasteiger charge is 2.31. The predicted octanol–water partition coefficient (Wildman–Crippen LogP) is 5.13. The molecule has 5 nitrogen and oxygen atoms in total. The van der Waals surface area contributed by atoms with Gasteiger partial charge < -0.3 is 4.74 Å². The van der Waals surface area contributed by atoms with Crippen LogP contribution in [0.2, 0.25) is 0 Å². The molecule has 0 radical (unpaired) electrons. The third-order valence-corrected chi connectivity index (χ3v) is 4.47. The Hall–Kier alpha value is -3.55. The first-order valence-electron chi connectivity index (χ1n) is 8.83. The van der Waals surface area contributed by atoms with Crippen LogP contribution in [0.5, 0.6) is 0 Å². The lowest BCUT2D eigenvalue weighted by atomic mass is 10.2. The summed E-state index contributed by atoms with van der Waals surface area (Å²) in [5.41, 5.74) is 0.449. The number of ether oxygens (including phenoxy) is 1. The average Bonchev–Trinajstić information content (AvgIpc) is 3.23. The van der Waals surface area contributed by atoms with E-state index in [4.69, 9.17) is 4.74 Å². The summed E-state index contributed by atoms with van der Waals surface area (Å²) in [6, 6.07) is 14.6. The van der Waals surface area contributed by atoms with E-state index in [0.717, 1.165) is 17.7 Å². The van der Waals surface area contributed by atoms with E-state index in [1.165, 1.54) is 18.2 Å². The lowest BCUT2D eigenvalue weighted by Crippen LogP contribution is -2.25. The Morgan fingerprint density at radius 1 is 1.03 bits per heavy atom. The van der Waals surface area contributed by atoms with Crippen LogP contribution in [0.25, 0.3) is 11.4 Å². The van der Waals surface area contributed by atoms with E-state index in [9.17, 15) is 13.2 Å². The van der Waals surface area contributed by atoms with Crippen molar-refractivity contribution in [3.63, 3.8) is 0 Å².